The molecule has 1 aromatic rings. The molecule has 1 aromatic heterocycles. The Morgan fingerprint density at radius 3 is 2.71 bits per heavy atom. The summed E-state index contributed by atoms with van der Waals surface area (Å²) in [6.07, 6.45) is 1.47. The van der Waals surface area contributed by atoms with Crippen molar-refractivity contribution in [3.63, 3.8) is 0 Å². The molecular formula is C12H20N2O3. The van der Waals surface area contributed by atoms with Crippen LogP contribution in [0.3, 0.4) is 0 Å². The molecule has 1 unspecified atom stereocenters. The maximum absolute atomic E-state index is 11.8. The molecule has 1 heterocycles. The second-order valence-electron chi connectivity index (χ2n) is 4.81. The van der Waals surface area contributed by atoms with Gasteiger partial charge in [-0.3, -0.25) is 4.79 Å². The number of hydrogen-bond acceptors (Lipinski definition) is 4. The Bertz CT molecular complexity index is 383. The number of aliphatic hydroxyl groups is 1. The second kappa shape index (κ2) is 5.33. The van der Waals surface area contributed by atoms with Crippen molar-refractivity contribution in [3.05, 3.63) is 23.7 Å². The number of likely N-dealkylation sites (N-methyl/N-ethyl adjacent to an activating group) is 1. The highest BCUT2D eigenvalue weighted by Crippen LogP contribution is 2.09. The maximum atomic E-state index is 11.8. The van der Waals surface area contributed by atoms with Gasteiger partial charge in [0, 0.05) is 13.1 Å². The fourth-order valence-electron chi connectivity index (χ4n) is 1.72. The van der Waals surface area contributed by atoms with Crippen LogP contribution >= 0.6 is 0 Å². The number of aryl methyl sites for hydroxylation is 1. The third-order valence-electron chi connectivity index (χ3n) is 2.39. The zero-order valence-corrected chi connectivity index (χ0v) is 10.8. The number of rotatable bonds is 5. The second-order valence-corrected chi connectivity index (χ2v) is 4.81. The summed E-state index contributed by atoms with van der Waals surface area (Å²) >= 11 is 0. The average molecular weight is 240 g/mol. The van der Waals surface area contributed by atoms with E-state index in [-0.39, 0.29) is 12.5 Å². The Kier molecular flexibility index (Phi) is 4.31. The van der Waals surface area contributed by atoms with Crippen LogP contribution in [0.2, 0.25) is 0 Å². The molecule has 2 N–H and O–H groups in total. The monoisotopic (exact) mass is 240 g/mol. The Hall–Kier alpha value is -1.33. The minimum Gasteiger partial charge on any atom is -0.469 e. The topological polar surface area (TPSA) is 65.7 Å². The van der Waals surface area contributed by atoms with Gasteiger partial charge < -0.3 is 19.7 Å². The first-order valence-corrected chi connectivity index (χ1v) is 5.51. The average Bonchev–Trinajstić information content (AvgIpc) is 2.59. The minimum absolute atomic E-state index is 0.203. The highest BCUT2D eigenvalue weighted by Gasteiger charge is 2.23. The van der Waals surface area contributed by atoms with Gasteiger partial charge in [0.1, 0.15) is 5.76 Å². The quantitative estimate of drug-likeness (QED) is 0.792. The summed E-state index contributed by atoms with van der Waals surface area (Å²) in [7, 11) is 3.74. The third kappa shape index (κ3) is 4.20. The van der Waals surface area contributed by atoms with Crippen LogP contribution in [-0.4, -0.2) is 48.7 Å². The van der Waals surface area contributed by atoms with Gasteiger partial charge in [0.2, 0.25) is 0 Å². The molecule has 0 aliphatic rings. The number of amides is 1. The van der Waals surface area contributed by atoms with Crippen molar-refractivity contribution < 1.29 is 14.3 Å². The smallest absolute Gasteiger partial charge is 0.254 e. The number of nitrogens with one attached hydrogen (secondary N) is 1. The van der Waals surface area contributed by atoms with E-state index in [9.17, 15) is 9.90 Å². The van der Waals surface area contributed by atoms with Crippen molar-refractivity contribution in [2.75, 3.05) is 27.2 Å². The van der Waals surface area contributed by atoms with E-state index < -0.39 is 5.60 Å². The highest BCUT2D eigenvalue weighted by molar-refractivity contribution is 5.95. The molecule has 0 aliphatic carbocycles. The lowest BCUT2D eigenvalue weighted by Crippen LogP contribution is -2.47. The van der Waals surface area contributed by atoms with Gasteiger partial charge in [0.25, 0.3) is 5.91 Å². The summed E-state index contributed by atoms with van der Waals surface area (Å²) in [5, 5.41) is 12.7. The zero-order valence-electron chi connectivity index (χ0n) is 10.8. The minimum atomic E-state index is -0.948. The lowest BCUT2D eigenvalue weighted by atomic mass is 10.1. The lowest BCUT2D eigenvalue weighted by Gasteiger charge is -2.27. The summed E-state index contributed by atoms with van der Waals surface area (Å²) in [5.41, 5.74) is -0.442. The van der Waals surface area contributed by atoms with Gasteiger partial charge >= 0.3 is 0 Å². The molecule has 0 aliphatic heterocycles. The van der Waals surface area contributed by atoms with Crippen molar-refractivity contribution in [1.29, 1.82) is 0 Å². The van der Waals surface area contributed by atoms with Crippen LogP contribution in [0.15, 0.2) is 16.7 Å². The van der Waals surface area contributed by atoms with Crippen LogP contribution in [0.5, 0.6) is 0 Å². The standard InChI is InChI=1S/C12H20N2O3/c1-9-10(5-6-17-9)11(15)13-7-12(2,16)8-14(3)4/h5-6,16H,7-8H2,1-4H3,(H,13,15). The van der Waals surface area contributed by atoms with E-state index >= 15 is 0 Å². The number of hydrogen-bond donors (Lipinski definition) is 2. The number of nitrogens with zero attached hydrogens (tertiary/aromatic N) is 1. The zero-order chi connectivity index (χ0) is 13.1. The molecule has 0 aromatic carbocycles. The number of carbonyl (C=O) groups excluding carboxylic acids is 1. The molecular weight excluding hydrogens is 220 g/mol. The summed E-state index contributed by atoms with van der Waals surface area (Å²) in [5.74, 6) is 0.352. The predicted molar refractivity (Wildman–Crippen MR) is 65.0 cm³/mol. The fraction of sp³-hybridized carbons (Fsp3) is 0.583. The van der Waals surface area contributed by atoms with Crippen molar-refractivity contribution >= 4 is 5.91 Å². The predicted octanol–water partition coefficient (Wildman–Crippen LogP) is 0.630. The van der Waals surface area contributed by atoms with Crippen molar-refractivity contribution in [1.82, 2.24) is 10.2 Å². The highest BCUT2D eigenvalue weighted by atomic mass is 16.3. The molecule has 1 atom stereocenters. The lowest BCUT2D eigenvalue weighted by molar-refractivity contribution is 0.0325. The van der Waals surface area contributed by atoms with Gasteiger partial charge in [0.05, 0.1) is 17.4 Å². The van der Waals surface area contributed by atoms with E-state index in [1.165, 1.54) is 6.26 Å². The number of carbonyl (C=O) groups is 1. The van der Waals surface area contributed by atoms with E-state index in [0.717, 1.165) is 0 Å². The van der Waals surface area contributed by atoms with Gasteiger partial charge in [-0.1, -0.05) is 0 Å². The first-order valence-electron chi connectivity index (χ1n) is 5.51. The summed E-state index contributed by atoms with van der Waals surface area (Å²) in [4.78, 5) is 13.6. The molecule has 0 bridgehead atoms. The summed E-state index contributed by atoms with van der Waals surface area (Å²) in [6, 6.07) is 1.62. The van der Waals surface area contributed by atoms with Gasteiger partial charge in [-0.2, -0.15) is 0 Å². The van der Waals surface area contributed by atoms with Crippen LogP contribution in [0.25, 0.3) is 0 Å². The fourth-order valence-corrected chi connectivity index (χ4v) is 1.72. The van der Waals surface area contributed by atoms with Gasteiger partial charge in [-0.15, -0.1) is 0 Å². The van der Waals surface area contributed by atoms with Crippen molar-refractivity contribution in [2.45, 2.75) is 19.4 Å². The Balaban J connectivity index is 2.51. The molecule has 0 fully saturated rings. The Morgan fingerprint density at radius 2 is 2.24 bits per heavy atom. The Morgan fingerprint density at radius 1 is 1.59 bits per heavy atom. The van der Waals surface area contributed by atoms with E-state index in [0.29, 0.717) is 17.9 Å². The molecule has 1 amide bonds. The largest absolute Gasteiger partial charge is 0.469 e. The molecule has 0 saturated carbocycles. The van der Waals surface area contributed by atoms with Crippen molar-refractivity contribution in [3.8, 4) is 0 Å². The summed E-state index contributed by atoms with van der Waals surface area (Å²) in [6.45, 7) is 4.11. The van der Waals surface area contributed by atoms with Gasteiger partial charge in [0.15, 0.2) is 0 Å². The molecule has 1 rings (SSSR count). The molecule has 17 heavy (non-hydrogen) atoms. The first-order chi connectivity index (χ1) is 7.82. The normalized spacial score (nSPS) is 14.7. The van der Waals surface area contributed by atoms with Crippen LogP contribution in [-0.2, 0) is 0 Å². The van der Waals surface area contributed by atoms with Gasteiger partial charge in [-0.05, 0) is 34.0 Å². The molecule has 0 spiro atoms. The number of furan rings is 1. The molecule has 5 heteroatoms. The van der Waals surface area contributed by atoms with E-state index in [2.05, 4.69) is 5.32 Å². The molecule has 96 valence electrons. The van der Waals surface area contributed by atoms with Crippen LogP contribution in [0.4, 0.5) is 0 Å². The molecule has 5 nitrogen and oxygen atoms in total. The van der Waals surface area contributed by atoms with Crippen LogP contribution in [0, 0.1) is 6.92 Å². The Labute approximate surface area is 101 Å². The third-order valence-corrected chi connectivity index (χ3v) is 2.39. The molecule has 0 radical (unpaired) electrons. The maximum Gasteiger partial charge on any atom is 0.254 e. The van der Waals surface area contributed by atoms with Crippen LogP contribution in [0.1, 0.15) is 23.0 Å². The molecule has 0 saturated heterocycles. The van der Waals surface area contributed by atoms with E-state index in [1.807, 2.05) is 19.0 Å². The SMILES string of the molecule is Cc1occc1C(=O)NCC(C)(O)CN(C)C. The first kappa shape index (κ1) is 13.7. The summed E-state index contributed by atoms with van der Waals surface area (Å²) < 4.78 is 5.05. The van der Waals surface area contributed by atoms with E-state index in [1.54, 1.807) is 19.9 Å². The van der Waals surface area contributed by atoms with Gasteiger partial charge in [-0.25, -0.2) is 0 Å². The van der Waals surface area contributed by atoms with Crippen molar-refractivity contribution in [2.24, 2.45) is 0 Å². The van der Waals surface area contributed by atoms with E-state index in [4.69, 9.17) is 4.42 Å². The van der Waals surface area contributed by atoms with Crippen LogP contribution < -0.4 is 5.32 Å².